The monoisotopic (exact) mass is 128 g/mol. The van der Waals surface area contributed by atoms with Crippen LogP contribution < -0.4 is 0 Å². The molecule has 0 aliphatic carbocycles. The van der Waals surface area contributed by atoms with Gasteiger partial charge < -0.3 is 5.11 Å². The van der Waals surface area contributed by atoms with Crippen LogP contribution in [-0.4, -0.2) is 16.9 Å². The molecular weight excluding hydrogens is 120 g/mol. The van der Waals surface area contributed by atoms with Crippen LogP contribution in [0.2, 0.25) is 0 Å². The Labute approximate surface area is 53.0 Å². The van der Waals surface area contributed by atoms with Gasteiger partial charge in [-0.1, -0.05) is 0 Å². The first-order valence-electron chi connectivity index (χ1n) is 2.46. The minimum Gasteiger partial charge on any atom is -0.478 e. The molecule has 0 heterocycles. The molecule has 0 aliphatic rings. The third-order valence-electron chi connectivity index (χ3n) is 0.757. The van der Waals surface area contributed by atoms with Crippen LogP contribution in [-0.2, 0) is 9.59 Å². The second-order valence-corrected chi connectivity index (χ2v) is 1.74. The first-order valence-corrected chi connectivity index (χ1v) is 2.46. The van der Waals surface area contributed by atoms with Crippen LogP contribution in [0.15, 0.2) is 11.6 Å². The summed E-state index contributed by atoms with van der Waals surface area (Å²) in [5, 5.41) is 8.21. The Morgan fingerprint density at radius 2 is 1.78 bits per heavy atom. The van der Waals surface area contributed by atoms with Crippen LogP contribution in [0.4, 0.5) is 0 Å². The molecule has 0 radical (unpaired) electrons. The topological polar surface area (TPSA) is 54.4 Å². The first kappa shape index (κ1) is 7.88. The average Bonchev–Trinajstić information content (AvgIpc) is 1.63. The summed E-state index contributed by atoms with van der Waals surface area (Å²) in [4.78, 5) is 20.2. The van der Waals surface area contributed by atoms with Crippen molar-refractivity contribution < 1.29 is 14.7 Å². The molecule has 0 aromatic heterocycles. The molecule has 0 fully saturated rings. The molecular formula is C6H8O3. The molecule has 0 bridgehead atoms. The van der Waals surface area contributed by atoms with E-state index in [0.29, 0.717) is 0 Å². The fourth-order valence-corrected chi connectivity index (χ4v) is 0.367. The van der Waals surface area contributed by atoms with Crippen molar-refractivity contribution >= 4 is 11.8 Å². The number of carboxylic acids is 1. The van der Waals surface area contributed by atoms with Crippen molar-refractivity contribution in [2.45, 2.75) is 13.8 Å². The maximum atomic E-state index is 10.2. The van der Waals surface area contributed by atoms with E-state index in [2.05, 4.69) is 0 Å². The maximum absolute atomic E-state index is 10.2. The van der Waals surface area contributed by atoms with Gasteiger partial charge >= 0.3 is 5.97 Å². The highest BCUT2D eigenvalue weighted by Gasteiger charge is 1.98. The van der Waals surface area contributed by atoms with Gasteiger partial charge in [0.2, 0.25) is 0 Å². The van der Waals surface area contributed by atoms with Gasteiger partial charge in [0.05, 0.1) is 0 Å². The third kappa shape index (κ3) is 3.46. The van der Waals surface area contributed by atoms with E-state index in [9.17, 15) is 9.59 Å². The number of rotatable bonds is 2. The number of carboxylic acid groups (broad SMARTS) is 1. The molecule has 3 heteroatoms. The van der Waals surface area contributed by atoms with Gasteiger partial charge in [-0.3, -0.25) is 4.79 Å². The summed E-state index contributed by atoms with van der Waals surface area (Å²) in [5.74, 6) is -1.29. The van der Waals surface area contributed by atoms with Gasteiger partial charge in [-0.15, -0.1) is 0 Å². The number of hydrogen-bond donors (Lipinski definition) is 1. The Kier molecular flexibility index (Phi) is 2.64. The summed E-state index contributed by atoms with van der Waals surface area (Å²) in [7, 11) is 0. The molecule has 0 aromatic rings. The van der Waals surface area contributed by atoms with Crippen LogP contribution in [0.3, 0.4) is 0 Å². The highest BCUT2D eigenvalue weighted by atomic mass is 16.4. The molecule has 0 amide bonds. The summed E-state index contributed by atoms with van der Waals surface area (Å²) < 4.78 is 0. The van der Waals surface area contributed by atoms with E-state index in [-0.39, 0.29) is 11.4 Å². The van der Waals surface area contributed by atoms with Gasteiger partial charge in [-0.05, 0) is 19.9 Å². The molecule has 0 spiro atoms. The number of carbonyl (C=O) groups excluding carboxylic acids is 1. The van der Waals surface area contributed by atoms with E-state index in [1.165, 1.54) is 13.8 Å². The number of carbonyl (C=O) groups is 2. The standard InChI is InChI=1S/C6H8O3/c1-4(6(8)9)3-5(2)7/h3H,1-2H3,(H,8,9)/b4-3+. The summed E-state index contributed by atoms with van der Waals surface area (Å²) in [6.07, 6.45) is 1.09. The third-order valence-corrected chi connectivity index (χ3v) is 0.757. The zero-order valence-corrected chi connectivity index (χ0v) is 5.34. The van der Waals surface area contributed by atoms with E-state index in [0.717, 1.165) is 6.08 Å². The lowest BCUT2D eigenvalue weighted by Crippen LogP contribution is -1.98. The van der Waals surface area contributed by atoms with E-state index < -0.39 is 5.97 Å². The number of hydrogen-bond acceptors (Lipinski definition) is 2. The van der Waals surface area contributed by atoms with E-state index >= 15 is 0 Å². The predicted molar refractivity (Wildman–Crippen MR) is 32.1 cm³/mol. The second kappa shape index (κ2) is 3.02. The van der Waals surface area contributed by atoms with E-state index in [1.54, 1.807) is 0 Å². The Morgan fingerprint density at radius 1 is 1.33 bits per heavy atom. The van der Waals surface area contributed by atoms with Gasteiger partial charge in [-0.2, -0.15) is 0 Å². The summed E-state index contributed by atoms with van der Waals surface area (Å²) in [6.45, 7) is 2.69. The first-order chi connectivity index (χ1) is 4.04. The van der Waals surface area contributed by atoms with Crippen molar-refractivity contribution in [2.75, 3.05) is 0 Å². The smallest absolute Gasteiger partial charge is 0.331 e. The van der Waals surface area contributed by atoms with Crippen LogP contribution in [0.5, 0.6) is 0 Å². The normalized spacial score (nSPS) is 11.1. The van der Waals surface area contributed by atoms with Crippen molar-refractivity contribution in [3.05, 3.63) is 11.6 Å². The van der Waals surface area contributed by atoms with Crippen LogP contribution in [0.25, 0.3) is 0 Å². The molecule has 0 unspecified atom stereocenters. The summed E-state index contributed by atoms with van der Waals surface area (Å²) in [6, 6.07) is 0. The van der Waals surface area contributed by atoms with Gasteiger partial charge in [-0.25, -0.2) is 4.79 Å². The minimum atomic E-state index is -1.05. The van der Waals surface area contributed by atoms with Gasteiger partial charge in [0.15, 0.2) is 5.78 Å². The van der Waals surface area contributed by atoms with Gasteiger partial charge in [0.1, 0.15) is 0 Å². The number of aliphatic carboxylic acids is 1. The van der Waals surface area contributed by atoms with Crippen molar-refractivity contribution in [1.29, 1.82) is 0 Å². The van der Waals surface area contributed by atoms with E-state index in [1.807, 2.05) is 0 Å². The fraction of sp³-hybridized carbons (Fsp3) is 0.333. The molecule has 3 nitrogen and oxygen atoms in total. The van der Waals surface area contributed by atoms with Gasteiger partial charge in [0.25, 0.3) is 0 Å². The van der Waals surface area contributed by atoms with Crippen LogP contribution >= 0.6 is 0 Å². The lowest BCUT2D eigenvalue weighted by Gasteiger charge is -1.86. The molecule has 0 rings (SSSR count). The molecule has 0 saturated heterocycles. The molecule has 1 N–H and O–H groups in total. The highest BCUT2D eigenvalue weighted by Crippen LogP contribution is 1.90. The van der Waals surface area contributed by atoms with Crippen molar-refractivity contribution in [1.82, 2.24) is 0 Å². The van der Waals surface area contributed by atoms with Crippen LogP contribution in [0, 0.1) is 0 Å². The Hall–Kier alpha value is -1.12. The molecule has 50 valence electrons. The molecule has 0 atom stereocenters. The zero-order chi connectivity index (χ0) is 7.44. The fourth-order valence-electron chi connectivity index (χ4n) is 0.367. The largest absolute Gasteiger partial charge is 0.478 e. The quantitative estimate of drug-likeness (QED) is 0.554. The Balaban J connectivity index is 4.17. The summed E-state index contributed by atoms with van der Waals surface area (Å²) >= 11 is 0. The average molecular weight is 128 g/mol. The zero-order valence-electron chi connectivity index (χ0n) is 5.34. The van der Waals surface area contributed by atoms with Crippen LogP contribution in [0.1, 0.15) is 13.8 Å². The number of allylic oxidation sites excluding steroid dienone is 1. The van der Waals surface area contributed by atoms with Gasteiger partial charge in [0, 0.05) is 5.57 Å². The molecule has 0 saturated carbocycles. The number of ketones is 1. The summed E-state index contributed by atoms with van der Waals surface area (Å²) in [5.41, 5.74) is 0.0718. The SMILES string of the molecule is CC(=O)/C=C(\C)C(=O)O. The lowest BCUT2D eigenvalue weighted by molar-refractivity contribution is -0.132. The molecule has 0 aromatic carbocycles. The van der Waals surface area contributed by atoms with Crippen molar-refractivity contribution in [2.24, 2.45) is 0 Å². The Bertz CT molecular complexity index is 167. The predicted octanol–water partition coefficient (Wildman–Crippen LogP) is 0.606. The highest BCUT2D eigenvalue weighted by molar-refractivity contribution is 5.97. The lowest BCUT2D eigenvalue weighted by atomic mass is 10.2. The van der Waals surface area contributed by atoms with Crippen molar-refractivity contribution in [3.8, 4) is 0 Å². The second-order valence-electron chi connectivity index (χ2n) is 1.74. The Morgan fingerprint density at radius 3 is 1.89 bits per heavy atom. The minimum absolute atomic E-state index is 0.0718. The van der Waals surface area contributed by atoms with Crippen molar-refractivity contribution in [3.63, 3.8) is 0 Å². The van der Waals surface area contributed by atoms with E-state index in [4.69, 9.17) is 5.11 Å². The maximum Gasteiger partial charge on any atom is 0.331 e. The molecule has 0 aliphatic heterocycles. The molecule has 9 heavy (non-hydrogen) atoms.